The minimum absolute atomic E-state index is 0.0502. The first-order chi connectivity index (χ1) is 35.5. The van der Waals surface area contributed by atoms with Crippen LogP contribution in [-0.4, -0.2) is 197 Å². The van der Waals surface area contributed by atoms with Gasteiger partial charge >= 0.3 is 11.9 Å². The van der Waals surface area contributed by atoms with E-state index in [1.54, 1.807) is 45.4 Å². The van der Waals surface area contributed by atoms with Crippen molar-refractivity contribution in [3.8, 4) is 0 Å². The molecule has 5 rings (SSSR count). The Balaban J connectivity index is 1.34. The molecule has 0 spiro atoms. The van der Waals surface area contributed by atoms with Gasteiger partial charge in [-0.05, 0) is 133 Å². The van der Waals surface area contributed by atoms with E-state index in [0.717, 1.165) is 5.56 Å². The Labute approximate surface area is 450 Å². The second-order valence-electron chi connectivity index (χ2n) is 23.3. The van der Waals surface area contributed by atoms with Crippen molar-refractivity contribution in [3.05, 3.63) is 51.8 Å². The number of carbonyl (C=O) groups excluding carboxylic acids is 1. The SMILES string of the molecule is CC[C@H]1OC(=O)[C@H](C)[C@@H](O[C@H]2C[C@@](C)(OC)[C@@H](OCCCOC/C=C/c3ccc4c(c3)c(=O)c(C(=O)O)cn4C(C)C)[C@H](C)O2)[C@H](C)[C@@H](O[C@@H]2O[C@H](C)C[C@H](N(C)C)[C@H]2O)[C@](C)(O)C[C@@H](C)CN(C)[C@H](C)[C@@H](O)[C@]1(C)O. The molecule has 0 unspecified atom stereocenters. The quantitative estimate of drug-likeness (QED) is 0.0952. The standard InChI is InChI=1S/C57H93N3O16/c1-17-44-57(12,68)49(63)37(8)59(15)30-33(4)28-55(10,67)50(76-54-47(62)43(58(13)14)26-34(5)72-54)35(6)48(36(7)53(66)74-44)75-45-29-56(11,69-16)51(38(9)73-45)71-25-19-24-70-23-18-20-39-21-22-42-40(27-39)46(61)41(52(64)65)31-60(42)32(2)3/h18,20-22,27,31-38,43-45,47-51,54,62-63,67-68H,17,19,23-26,28-30H2,1-16H3,(H,64,65)/b20-18+/t33-,34-,35+,36-,37-,38+,43+,44-,45+,47-,48+,49-,50-,51+,54+,55-,56-,57-/m1/s1. The summed E-state index contributed by atoms with van der Waals surface area (Å²) < 4.78 is 53.2. The number of likely N-dealkylation sites (N-methyl/N-ethyl adjacent to an activating group) is 2. The van der Waals surface area contributed by atoms with Crippen LogP contribution in [0.2, 0.25) is 0 Å². The van der Waals surface area contributed by atoms with Gasteiger partial charge < -0.3 is 77.8 Å². The van der Waals surface area contributed by atoms with Crippen LogP contribution in [0, 0.1) is 17.8 Å². The van der Waals surface area contributed by atoms with Crippen LogP contribution in [-0.2, 0) is 42.7 Å². The zero-order valence-corrected chi connectivity index (χ0v) is 48.1. The van der Waals surface area contributed by atoms with Crippen molar-refractivity contribution in [2.75, 3.05) is 54.6 Å². The van der Waals surface area contributed by atoms with E-state index in [1.165, 1.54) is 13.1 Å². The van der Waals surface area contributed by atoms with Crippen LogP contribution in [0.1, 0.15) is 137 Å². The summed E-state index contributed by atoms with van der Waals surface area (Å²) >= 11 is 0. The minimum atomic E-state index is -1.84. The molecule has 3 aliphatic rings. The monoisotopic (exact) mass is 1080 g/mol. The zero-order valence-electron chi connectivity index (χ0n) is 48.1. The van der Waals surface area contributed by atoms with E-state index in [0.29, 0.717) is 43.5 Å². The number of ether oxygens (including phenoxy) is 8. The second kappa shape index (κ2) is 26.7. The van der Waals surface area contributed by atoms with E-state index >= 15 is 0 Å². The molecule has 3 aliphatic heterocycles. The van der Waals surface area contributed by atoms with E-state index in [4.69, 9.17) is 37.9 Å². The fraction of sp³-hybridized carbons (Fsp3) is 0.772. The summed E-state index contributed by atoms with van der Waals surface area (Å²) in [5, 5.41) is 58.1. The van der Waals surface area contributed by atoms with Gasteiger partial charge in [-0.15, -0.1) is 0 Å². The molecule has 18 atom stereocenters. The van der Waals surface area contributed by atoms with Gasteiger partial charge in [-0.1, -0.05) is 39.0 Å². The molecular weight excluding hydrogens is 983 g/mol. The molecule has 5 N–H and O–H groups in total. The summed E-state index contributed by atoms with van der Waals surface area (Å²) in [6, 6.07) is 4.46. The van der Waals surface area contributed by atoms with Crippen molar-refractivity contribution in [1.82, 2.24) is 14.4 Å². The number of nitrogens with zero attached hydrogens (tertiary/aromatic N) is 3. The summed E-state index contributed by atoms with van der Waals surface area (Å²) in [4.78, 5) is 43.3. The Bertz CT molecular complexity index is 2310. The maximum absolute atomic E-state index is 14.6. The number of pyridine rings is 1. The molecule has 1 aromatic carbocycles. The number of hydrogen-bond donors (Lipinski definition) is 5. The third-order valence-electron chi connectivity index (χ3n) is 16.3. The van der Waals surface area contributed by atoms with E-state index in [2.05, 4.69) is 0 Å². The maximum atomic E-state index is 14.6. The van der Waals surface area contributed by atoms with Gasteiger partial charge in [-0.2, -0.15) is 0 Å². The topological polar surface area (TPSA) is 238 Å². The van der Waals surface area contributed by atoms with Gasteiger partial charge in [-0.25, -0.2) is 4.79 Å². The predicted octanol–water partition coefficient (Wildman–Crippen LogP) is 5.64. The summed E-state index contributed by atoms with van der Waals surface area (Å²) in [5.74, 6) is -3.99. The lowest BCUT2D eigenvalue weighted by Crippen LogP contribution is -2.61. The number of methoxy groups -OCH3 is 1. The Morgan fingerprint density at radius 2 is 1.66 bits per heavy atom. The highest BCUT2D eigenvalue weighted by Gasteiger charge is 2.53. The average Bonchev–Trinajstić information content (AvgIpc) is 3.34. The molecule has 19 heteroatoms. The first kappa shape index (κ1) is 63.4. The van der Waals surface area contributed by atoms with Crippen LogP contribution in [0.5, 0.6) is 0 Å². The average molecular weight is 1080 g/mol. The van der Waals surface area contributed by atoms with Crippen molar-refractivity contribution < 1.29 is 73.0 Å². The van der Waals surface area contributed by atoms with Gasteiger partial charge in [0, 0.05) is 68.9 Å². The van der Waals surface area contributed by atoms with Crippen molar-refractivity contribution in [1.29, 1.82) is 0 Å². The predicted molar refractivity (Wildman–Crippen MR) is 288 cm³/mol. The molecule has 3 fully saturated rings. The number of aliphatic hydroxyl groups is 4. The number of carboxylic acids is 1. The van der Waals surface area contributed by atoms with Crippen molar-refractivity contribution in [2.24, 2.45) is 17.8 Å². The molecule has 0 radical (unpaired) electrons. The summed E-state index contributed by atoms with van der Waals surface area (Å²) in [5.41, 5.74) is -3.80. The lowest BCUT2D eigenvalue weighted by molar-refractivity contribution is -0.320. The lowest BCUT2D eigenvalue weighted by atomic mass is 9.77. The molecule has 0 saturated carbocycles. The Morgan fingerprint density at radius 3 is 2.28 bits per heavy atom. The molecule has 2 aromatic rings. The molecule has 0 aliphatic carbocycles. The molecule has 3 saturated heterocycles. The number of carboxylic acid groups (broad SMARTS) is 1. The maximum Gasteiger partial charge on any atom is 0.341 e. The fourth-order valence-corrected chi connectivity index (χ4v) is 11.8. The van der Waals surface area contributed by atoms with E-state index in [1.807, 2.05) is 104 Å². The van der Waals surface area contributed by atoms with Crippen molar-refractivity contribution >= 4 is 28.9 Å². The summed E-state index contributed by atoms with van der Waals surface area (Å²) in [6.45, 7) is 23.2. The van der Waals surface area contributed by atoms with Gasteiger partial charge in [-0.3, -0.25) is 9.59 Å². The third-order valence-corrected chi connectivity index (χ3v) is 16.3. The van der Waals surface area contributed by atoms with Gasteiger partial charge in [0.05, 0.1) is 53.7 Å². The van der Waals surface area contributed by atoms with Gasteiger partial charge in [0.2, 0.25) is 5.43 Å². The van der Waals surface area contributed by atoms with E-state index in [-0.39, 0.29) is 55.5 Å². The lowest BCUT2D eigenvalue weighted by Gasteiger charge is -2.49. The molecule has 19 nitrogen and oxygen atoms in total. The number of hydrogen-bond acceptors (Lipinski definition) is 17. The van der Waals surface area contributed by atoms with Crippen LogP contribution >= 0.6 is 0 Å². The molecule has 4 heterocycles. The first-order valence-corrected chi connectivity index (χ1v) is 27.3. The number of aromatic nitrogens is 1. The first-order valence-electron chi connectivity index (χ1n) is 27.3. The highest BCUT2D eigenvalue weighted by atomic mass is 16.7. The van der Waals surface area contributed by atoms with E-state index in [9.17, 15) is 39.9 Å². The van der Waals surface area contributed by atoms with Crippen molar-refractivity contribution in [3.63, 3.8) is 0 Å². The Hall–Kier alpha value is -3.41. The largest absolute Gasteiger partial charge is 0.477 e. The van der Waals surface area contributed by atoms with Crippen LogP contribution < -0.4 is 5.43 Å². The molecule has 1 aromatic heterocycles. The zero-order chi connectivity index (χ0) is 56.8. The smallest absolute Gasteiger partial charge is 0.341 e. The number of aromatic carboxylic acids is 1. The van der Waals surface area contributed by atoms with E-state index < -0.39 is 107 Å². The molecule has 0 amide bonds. The second-order valence-corrected chi connectivity index (χ2v) is 23.3. The highest BCUT2D eigenvalue weighted by molar-refractivity contribution is 5.93. The molecule has 0 bridgehead atoms. The normalized spacial score (nSPS) is 37.9. The Morgan fingerprint density at radius 1 is 0.974 bits per heavy atom. The highest BCUT2D eigenvalue weighted by Crippen LogP contribution is 2.41. The number of rotatable bonds is 17. The van der Waals surface area contributed by atoms with Crippen LogP contribution in [0.4, 0.5) is 0 Å². The number of aliphatic hydroxyl groups excluding tert-OH is 2. The van der Waals surface area contributed by atoms with Gasteiger partial charge in [0.15, 0.2) is 12.6 Å². The van der Waals surface area contributed by atoms with Crippen LogP contribution in [0.15, 0.2) is 35.3 Å². The molecular formula is C57H93N3O16. The third kappa shape index (κ3) is 14.9. The number of cyclic esters (lactones) is 1. The Kier molecular flexibility index (Phi) is 22.3. The van der Waals surface area contributed by atoms with Crippen LogP contribution in [0.25, 0.3) is 17.0 Å². The molecule has 432 valence electrons. The molecule has 76 heavy (non-hydrogen) atoms. The number of fused-ring (bicyclic) bond motifs is 1. The van der Waals surface area contributed by atoms with Crippen LogP contribution in [0.3, 0.4) is 0 Å². The fourth-order valence-electron chi connectivity index (χ4n) is 11.8. The minimum Gasteiger partial charge on any atom is -0.477 e. The van der Waals surface area contributed by atoms with Gasteiger partial charge in [0.25, 0.3) is 0 Å². The number of esters is 1. The van der Waals surface area contributed by atoms with Gasteiger partial charge in [0.1, 0.15) is 35.6 Å². The summed E-state index contributed by atoms with van der Waals surface area (Å²) in [6.07, 6.45) is -2.42. The number of benzene rings is 1. The summed E-state index contributed by atoms with van der Waals surface area (Å²) in [7, 11) is 7.20. The number of carbonyl (C=O) groups is 2. The van der Waals surface area contributed by atoms with Crippen molar-refractivity contribution in [2.45, 2.75) is 212 Å².